The number of piperidine rings is 1. The smallest absolute Gasteiger partial charge is 0.475 e. The van der Waals surface area contributed by atoms with E-state index in [2.05, 4.69) is 40.3 Å². The molecule has 5 nitrogen and oxygen atoms in total. The highest BCUT2D eigenvalue weighted by Gasteiger charge is 2.52. The van der Waals surface area contributed by atoms with Gasteiger partial charge in [-0.05, 0) is 23.8 Å². The number of benzene rings is 1. The van der Waals surface area contributed by atoms with Crippen LogP contribution in [0.15, 0.2) is 36.5 Å². The summed E-state index contributed by atoms with van der Waals surface area (Å²) in [6, 6.07) is 11.4. The predicted octanol–water partition coefficient (Wildman–Crippen LogP) is 3.90. The first kappa shape index (κ1) is 19.7. The molecule has 0 unspecified atom stereocenters. The highest BCUT2D eigenvalue weighted by atomic mass is 35.5. The number of carboxylic acid groups (broad SMARTS) is 1. The van der Waals surface area contributed by atoms with Gasteiger partial charge in [-0.1, -0.05) is 41.9 Å². The Hall–Kier alpha value is -2.06. The minimum absolute atomic E-state index is 0.553. The van der Waals surface area contributed by atoms with Gasteiger partial charge in [-0.2, -0.15) is 18.3 Å². The van der Waals surface area contributed by atoms with E-state index in [1.165, 1.54) is 18.5 Å². The second-order valence-electron chi connectivity index (χ2n) is 6.87. The van der Waals surface area contributed by atoms with Crippen LogP contribution < -0.4 is 0 Å². The van der Waals surface area contributed by atoms with E-state index in [1.54, 1.807) is 4.68 Å². The SMILES string of the molecule is Cn1cc(CN2C[C@@H]3C[C@@H]3[C@@H]2c2ccccc2)c(Cl)n1.O=C(O)C(F)(F)F. The molecule has 1 aromatic heterocycles. The van der Waals surface area contributed by atoms with E-state index in [0.29, 0.717) is 11.2 Å². The molecule has 1 saturated carbocycles. The summed E-state index contributed by atoms with van der Waals surface area (Å²) < 4.78 is 33.5. The molecule has 9 heteroatoms. The van der Waals surface area contributed by atoms with Crippen LogP contribution in [0.4, 0.5) is 13.2 Å². The molecule has 0 bridgehead atoms. The van der Waals surface area contributed by atoms with Crippen LogP contribution in [0.3, 0.4) is 0 Å². The minimum atomic E-state index is -5.08. The van der Waals surface area contributed by atoms with E-state index in [-0.39, 0.29) is 0 Å². The summed E-state index contributed by atoms with van der Waals surface area (Å²) in [6.07, 6.45) is -1.66. The number of aryl methyl sites for hydroxylation is 1. The van der Waals surface area contributed by atoms with Gasteiger partial charge in [-0.25, -0.2) is 4.79 Å². The zero-order valence-corrected chi connectivity index (χ0v) is 15.3. The Morgan fingerprint density at radius 1 is 1.33 bits per heavy atom. The van der Waals surface area contributed by atoms with Crippen molar-refractivity contribution in [2.75, 3.05) is 6.54 Å². The van der Waals surface area contributed by atoms with Crippen molar-refractivity contribution in [1.82, 2.24) is 14.7 Å². The summed E-state index contributed by atoms with van der Waals surface area (Å²) in [4.78, 5) is 11.5. The van der Waals surface area contributed by atoms with Crippen LogP contribution >= 0.6 is 11.6 Å². The molecule has 4 rings (SSSR count). The number of rotatable bonds is 3. The average Bonchev–Trinajstić information content (AvgIpc) is 3.13. The fraction of sp³-hybridized carbons (Fsp3) is 0.444. The molecule has 1 N–H and O–H groups in total. The lowest BCUT2D eigenvalue weighted by atomic mass is 10.0. The lowest BCUT2D eigenvalue weighted by Crippen LogP contribution is -2.26. The van der Waals surface area contributed by atoms with Crippen molar-refractivity contribution < 1.29 is 23.1 Å². The molecule has 2 heterocycles. The fourth-order valence-corrected chi connectivity index (χ4v) is 3.89. The van der Waals surface area contributed by atoms with Gasteiger partial charge in [0.2, 0.25) is 0 Å². The quantitative estimate of drug-likeness (QED) is 0.847. The van der Waals surface area contributed by atoms with Crippen LogP contribution in [0.1, 0.15) is 23.6 Å². The third-order valence-electron chi connectivity index (χ3n) is 4.86. The number of aromatic nitrogens is 2. The van der Waals surface area contributed by atoms with Crippen LogP contribution in [-0.4, -0.2) is 38.5 Å². The van der Waals surface area contributed by atoms with Gasteiger partial charge in [0.1, 0.15) is 0 Å². The molecule has 2 aromatic rings. The van der Waals surface area contributed by atoms with Gasteiger partial charge in [0.25, 0.3) is 0 Å². The maximum atomic E-state index is 10.6. The summed E-state index contributed by atoms with van der Waals surface area (Å²) in [5, 5.41) is 12.0. The lowest BCUT2D eigenvalue weighted by Gasteiger charge is -2.27. The number of alkyl halides is 3. The molecule has 27 heavy (non-hydrogen) atoms. The first-order valence-electron chi connectivity index (χ1n) is 8.44. The largest absolute Gasteiger partial charge is 0.490 e. The molecule has 2 aliphatic rings. The predicted molar refractivity (Wildman–Crippen MR) is 93.1 cm³/mol. The summed E-state index contributed by atoms with van der Waals surface area (Å²) in [5.74, 6) is -1.03. The molecular formula is C18H19ClF3N3O2. The van der Waals surface area contributed by atoms with Crippen molar-refractivity contribution in [2.45, 2.75) is 25.2 Å². The topological polar surface area (TPSA) is 58.4 Å². The summed E-state index contributed by atoms with van der Waals surface area (Å²) in [7, 11) is 1.92. The molecule has 1 saturated heterocycles. The van der Waals surface area contributed by atoms with E-state index in [0.717, 1.165) is 23.9 Å². The number of fused-ring (bicyclic) bond motifs is 1. The van der Waals surface area contributed by atoms with E-state index < -0.39 is 12.1 Å². The Bertz CT molecular complexity index is 810. The highest BCUT2D eigenvalue weighted by Crippen LogP contribution is 2.56. The Kier molecular flexibility index (Phi) is 5.48. The van der Waals surface area contributed by atoms with Crippen molar-refractivity contribution >= 4 is 17.6 Å². The van der Waals surface area contributed by atoms with Gasteiger partial charge < -0.3 is 5.11 Å². The molecule has 0 radical (unpaired) electrons. The van der Waals surface area contributed by atoms with Gasteiger partial charge in [0.15, 0.2) is 5.15 Å². The number of carbonyl (C=O) groups is 1. The number of nitrogens with zero attached hydrogens (tertiary/aromatic N) is 3. The third-order valence-corrected chi connectivity index (χ3v) is 5.17. The zero-order valence-electron chi connectivity index (χ0n) is 14.5. The molecule has 0 amide bonds. The zero-order chi connectivity index (χ0) is 19.8. The van der Waals surface area contributed by atoms with Gasteiger partial charge in [0.05, 0.1) is 0 Å². The van der Waals surface area contributed by atoms with E-state index in [9.17, 15) is 13.2 Å². The van der Waals surface area contributed by atoms with Gasteiger partial charge >= 0.3 is 12.1 Å². The molecule has 1 aromatic carbocycles. The van der Waals surface area contributed by atoms with Crippen LogP contribution in [0, 0.1) is 11.8 Å². The van der Waals surface area contributed by atoms with Crippen molar-refractivity contribution in [3.63, 3.8) is 0 Å². The van der Waals surface area contributed by atoms with Crippen LogP contribution in [-0.2, 0) is 18.4 Å². The van der Waals surface area contributed by atoms with Crippen molar-refractivity contribution in [3.8, 4) is 0 Å². The lowest BCUT2D eigenvalue weighted by molar-refractivity contribution is -0.192. The number of hydrogen-bond acceptors (Lipinski definition) is 3. The summed E-state index contributed by atoms with van der Waals surface area (Å²) >= 11 is 6.21. The normalized spacial score (nSPS) is 24.1. The highest BCUT2D eigenvalue weighted by molar-refractivity contribution is 6.30. The number of likely N-dealkylation sites (tertiary alicyclic amines) is 1. The molecular weight excluding hydrogens is 383 g/mol. The average molecular weight is 402 g/mol. The second kappa shape index (κ2) is 7.52. The van der Waals surface area contributed by atoms with E-state index in [1.807, 2.05) is 13.2 Å². The maximum Gasteiger partial charge on any atom is 0.490 e. The summed E-state index contributed by atoms with van der Waals surface area (Å²) in [5.41, 5.74) is 2.58. The van der Waals surface area contributed by atoms with Gasteiger partial charge in [-0.3, -0.25) is 9.58 Å². The fourth-order valence-electron chi connectivity index (χ4n) is 3.66. The number of halogens is 4. The Balaban J connectivity index is 0.000000260. The Morgan fingerprint density at radius 2 is 1.96 bits per heavy atom. The van der Waals surface area contributed by atoms with E-state index >= 15 is 0 Å². The monoisotopic (exact) mass is 401 g/mol. The van der Waals surface area contributed by atoms with Crippen molar-refractivity contribution in [2.24, 2.45) is 18.9 Å². The molecule has 146 valence electrons. The second-order valence-corrected chi connectivity index (χ2v) is 7.22. The Morgan fingerprint density at radius 3 is 2.48 bits per heavy atom. The first-order chi connectivity index (χ1) is 12.7. The third kappa shape index (κ3) is 4.62. The van der Waals surface area contributed by atoms with E-state index in [4.69, 9.17) is 21.5 Å². The maximum absolute atomic E-state index is 10.6. The van der Waals surface area contributed by atoms with Crippen LogP contribution in [0.2, 0.25) is 5.15 Å². The molecule has 2 fully saturated rings. The number of carboxylic acids is 1. The Labute approximate surface area is 159 Å². The van der Waals surface area contributed by atoms with Crippen LogP contribution in [0.5, 0.6) is 0 Å². The van der Waals surface area contributed by atoms with Crippen molar-refractivity contribution in [1.29, 1.82) is 0 Å². The standard InChI is InChI=1S/C16H18ClN3.C2HF3O2/c1-19-8-13(16(17)18-19)10-20-9-12-7-14(12)15(20)11-5-3-2-4-6-11;3-2(4,5)1(6)7/h2-6,8,12,14-15H,7,9-10H2,1H3;(H,6,7)/t12-,14-,15-;/m0./s1. The van der Waals surface area contributed by atoms with Gasteiger partial charge in [0, 0.05) is 37.9 Å². The molecule has 1 aliphatic heterocycles. The van der Waals surface area contributed by atoms with Gasteiger partial charge in [-0.15, -0.1) is 0 Å². The minimum Gasteiger partial charge on any atom is -0.475 e. The number of aliphatic carboxylic acids is 1. The van der Waals surface area contributed by atoms with Crippen LogP contribution in [0.25, 0.3) is 0 Å². The molecule has 0 spiro atoms. The first-order valence-corrected chi connectivity index (χ1v) is 8.81. The summed E-state index contributed by atoms with van der Waals surface area (Å²) in [6.45, 7) is 2.09. The number of hydrogen-bond donors (Lipinski definition) is 1. The van der Waals surface area contributed by atoms with Crippen molar-refractivity contribution in [3.05, 3.63) is 52.8 Å². The molecule has 1 aliphatic carbocycles. The molecule has 3 atom stereocenters.